The highest BCUT2D eigenvalue weighted by Gasteiger charge is 2.36. The summed E-state index contributed by atoms with van der Waals surface area (Å²) in [5.74, 6) is -1.35. The molecule has 1 heterocycles. The molecule has 3 aromatic rings. The summed E-state index contributed by atoms with van der Waals surface area (Å²) in [5.41, 5.74) is 1.63. The third-order valence-corrected chi connectivity index (χ3v) is 5.69. The molecule has 0 saturated heterocycles. The summed E-state index contributed by atoms with van der Waals surface area (Å²) in [6, 6.07) is 18.1. The third-order valence-electron chi connectivity index (χ3n) is 5.69. The smallest absolute Gasteiger partial charge is 0.338 e. The first-order chi connectivity index (χ1) is 17.3. The maximum atomic E-state index is 12.9. The van der Waals surface area contributed by atoms with Gasteiger partial charge in [0, 0.05) is 11.8 Å². The molecule has 1 N–H and O–H groups in total. The topological polar surface area (TPSA) is 111 Å². The second-order valence-corrected chi connectivity index (χ2v) is 8.05. The van der Waals surface area contributed by atoms with Gasteiger partial charge in [0.15, 0.2) is 17.6 Å². The van der Waals surface area contributed by atoms with E-state index in [0.717, 1.165) is 10.5 Å². The van der Waals surface area contributed by atoms with Crippen molar-refractivity contribution >= 4 is 29.4 Å². The lowest BCUT2D eigenvalue weighted by atomic mass is 10.1. The van der Waals surface area contributed by atoms with Crippen molar-refractivity contribution in [3.63, 3.8) is 0 Å². The Labute approximate surface area is 207 Å². The average molecular weight is 488 g/mol. The van der Waals surface area contributed by atoms with Gasteiger partial charge in [-0.05, 0) is 42.8 Å². The molecule has 0 radical (unpaired) electrons. The molecule has 1 aliphatic heterocycles. The number of imide groups is 1. The van der Waals surface area contributed by atoms with Crippen LogP contribution in [0.3, 0.4) is 0 Å². The second kappa shape index (κ2) is 10.3. The Morgan fingerprint density at radius 1 is 0.861 bits per heavy atom. The van der Waals surface area contributed by atoms with Gasteiger partial charge in [-0.1, -0.05) is 30.3 Å². The zero-order valence-corrected chi connectivity index (χ0v) is 19.9. The predicted molar refractivity (Wildman–Crippen MR) is 130 cm³/mol. The van der Waals surface area contributed by atoms with Gasteiger partial charge in [-0.2, -0.15) is 0 Å². The summed E-state index contributed by atoms with van der Waals surface area (Å²) in [6.07, 6.45) is -1.13. The van der Waals surface area contributed by atoms with Crippen LogP contribution >= 0.6 is 0 Å². The van der Waals surface area contributed by atoms with E-state index in [2.05, 4.69) is 5.32 Å². The van der Waals surface area contributed by atoms with Crippen molar-refractivity contribution in [1.29, 1.82) is 0 Å². The fraction of sp³-hybridized carbons (Fsp3) is 0.185. The minimum Gasteiger partial charge on any atom is -0.493 e. The number of rotatable bonds is 8. The molecule has 1 atom stereocenters. The van der Waals surface area contributed by atoms with Gasteiger partial charge in [-0.15, -0.1) is 0 Å². The maximum absolute atomic E-state index is 12.9. The molecule has 1 aliphatic rings. The molecule has 1 unspecified atom stereocenters. The van der Waals surface area contributed by atoms with Crippen molar-refractivity contribution in [2.75, 3.05) is 19.5 Å². The van der Waals surface area contributed by atoms with Crippen LogP contribution in [-0.4, -0.2) is 48.9 Å². The lowest BCUT2D eigenvalue weighted by Gasteiger charge is -2.15. The molecule has 3 amide bonds. The van der Waals surface area contributed by atoms with Gasteiger partial charge in [0.1, 0.15) is 0 Å². The van der Waals surface area contributed by atoms with E-state index in [-0.39, 0.29) is 23.2 Å². The van der Waals surface area contributed by atoms with E-state index in [4.69, 9.17) is 14.2 Å². The van der Waals surface area contributed by atoms with Crippen LogP contribution in [0.5, 0.6) is 11.5 Å². The molecule has 0 fully saturated rings. The van der Waals surface area contributed by atoms with Crippen LogP contribution in [0.1, 0.15) is 43.6 Å². The quantitative estimate of drug-likeness (QED) is 0.380. The van der Waals surface area contributed by atoms with Gasteiger partial charge in [0.05, 0.1) is 37.5 Å². The van der Waals surface area contributed by atoms with Crippen LogP contribution in [0.15, 0.2) is 66.7 Å². The lowest BCUT2D eigenvalue weighted by Crippen LogP contribution is -2.30. The zero-order valence-electron chi connectivity index (χ0n) is 19.9. The van der Waals surface area contributed by atoms with Crippen LogP contribution in [0.4, 0.5) is 5.69 Å². The Bertz CT molecular complexity index is 1340. The van der Waals surface area contributed by atoms with E-state index in [0.29, 0.717) is 17.2 Å². The number of esters is 1. The first-order valence-electron chi connectivity index (χ1n) is 11.1. The molecule has 0 bridgehead atoms. The summed E-state index contributed by atoms with van der Waals surface area (Å²) in [6.45, 7) is 1.55. The highest BCUT2D eigenvalue weighted by atomic mass is 16.5. The van der Waals surface area contributed by atoms with Crippen molar-refractivity contribution in [3.8, 4) is 11.5 Å². The van der Waals surface area contributed by atoms with E-state index in [1.807, 2.05) is 30.3 Å². The predicted octanol–water partition coefficient (Wildman–Crippen LogP) is 3.68. The minimum absolute atomic E-state index is 0.0576. The monoisotopic (exact) mass is 488 g/mol. The van der Waals surface area contributed by atoms with Gasteiger partial charge >= 0.3 is 5.97 Å². The Morgan fingerprint density at radius 2 is 1.56 bits per heavy atom. The Balaban J connectivity index is 1.43. The Hall–Kier alpha value is -4.66. The van der Waals surface area contributed by atoms with Gasteiger partial charge in [-0.25, -0.2) is 4.79 Å². The normalized spacial score (nSPS) is 13.1. The van der Waals surface area contributed by atoms with Crippen LogP contribution in [0, 0.1) is 0 Å². The number of benzene rings is 3. The molecule has 3 aromatic carbocycles. The molecule has 0 spiro atoms. The lowest BCUT2D eigenvalue weighted by molar-refractivity contribution is -0.123. The number of hydrogen-bond acceptors (Lipinski definition) is 7. The number of nitrogens with zero attached hydrogens (tertiary/aromatic N) is 1. The van der Waals surface area contributed by atoms with E-state index < -0.39 is 29.8 Å². The van der Waals surface area contributed by atoms with Crippen LogP contribution in [0.25, 0.3) is 0 Å². The van der Waals surface area contributed by atoms with Crippen molar-refractivity contribution in [2.24, 2.45) is 0 Å². The molecular formula is C27H24N2O7. The first-order valence-corrected chi connectivity index (χ1v) is 11.1. The largest absolute Gasteiger partial charge is 0.493 e. The Kier molecular flexibility index (Phi) is 7.00. The molecular weight excluding hydrogens is 464 g/mol. The van der Waals surface area contributed by atoms with Crippen molar-refractivity contribution in [2.45, 2.75) is 19.6 Å². The van der Waals surface area contributed by atoms with Gasteiger partial charge in [0.25, 0.3) is 17.7 Å². The number of methoxy groups -OCH3 is 2. The summed E-state index contributed by atoms with van der Waals surface area (Å²) in [4.78, 5) is 52.0. The Morgan fingerprint density at radius 3 is 2.25 bits per heavy atom. The molecule has 0 aliphatic carbocycles. The summed E-state index contributed by atoms with van der Waals surface area (Å²) >= 11 is 0. The molecule has 0 aromatic heterocycles. The SMILES string of the molecule is COc1ccc(NC(=O)C(C)OC(=O)c2ccc3c(c2)C(=O)N(Cc2ccccc2)C3=O)cc1OC. The molecule has 0 saturated carbocycles. The van der Waals surface area contributed by atoms with Crippen molar-refractivity contribution in [1.82, 2.24) is 4.90 Å². The fourth-order valence-corrected chi connectivity index (χ4v) is 3.77. The summed E-state index contributed by atoms with van der Waals surface area (Å²) in [7, 11) is 2.98. The van der Waals surface area contributed by atoms with E-state index in [1.54, 1.807) is 18.2 Å². The number of amides is 3. The number of nitrogens with one attached hydrogen (secondary N) is 1. The van der Waals surface area contributed by atoms with Gasteiger partial charge < -0.3 is 19.5 Å². The molecule has 9 nitrogen and oxygen atoms in total. The van der Waals surface area contributed by atoms with Crippen molar-refractivity contribution in [3.05, 3.63) is 89.0 Å². The minimum atomic E-state index is -1.13. The molecule has 4 rings (SSSR count). The molecule has 184 valence electrons. The highest BCUT2D eigenvalue weighted by Crippen LogP contribution is 2.30. The van der Waals surface area contributed by atoms with Gasteiger partial charge in [-0.3, -0.25) is 19.3 Å². The summed E-state index contributed by atoms with van der Waals surface area (Å²) < 4.78 is 15.7. The van der Waals surface area contributed by atoms with Crippen molar-refractivity contribution < 1.29 is 33.4 Å². The average Bonchev–Trinajstić information content (AvgIpc) is 3.13. The maximum Gasteiger partial charge on any atom is 0.338 e. The van der Waals surface area contributed by atoms with E-state index in [1.165, 1.54) is 39.3 Å². The number of anilines is 1. The number of hydrogen-bond donors (Lipinski definition) is 1. The van der Waals surface area contributed by atoms with E-state index >= 15 is 0 Å². The fourth-order valence-electron chi connectivity index (χ4n) is 3.77. The van der Waals surface area contributed by atoms with Gasteiger partial charge in [0.2, 0.25) is 0 Å². The standard InChI is InChI=1S/C27H24N2O7/c1-16(24(30)28-19-10-12-22(34-2)23(14-19)35-3)36-27(33)18-9-11-20-21(13-18)26(32)29(25(20)31)15-17-7-5-4-6-8-17/h4-14,16H,15H2,1-3H3,(H,28,30). The third kappa shape index (κ3) is 4.90. The van der Waals surface area contributed by atoms with E-state index in [9.17, 15) is 19.2 Å². The molecule has 9 heteroatoms. The second-order valence-electron chi connectivity index (χ2n) is 8.05. The number of fused-ring (bicyclic) bond motifs is 1. The number of ether oxygens (including phenoxy) is 3. The van der Waals surface area contributed by atoms with Crippen LogP contribution < -0.4 is 14.8 Å². The number of carbonyl (C=O) groups is 4. The molecule has 36 heavy (non-hydrogen) atoms. The first kappa shape index (κ1) is 24.5. The van der Waals surface area contributed by atoms with Crippen LogP contribution in [-0.2, 0) is 16.1 Å². The number of carbonyl (C=O) groups excluding carboxylic acids is 4. The van der Waals surface area contributed by atoms with Crippen LogP contribution in [0.2, 0.25) is 0 Å². The highest BCUT2D eigenvalue weighted by molar-refractivity contribution is 6.21. The zero-order chi connectivity index (χ0) is 25.8. The summed E-state index contributed by atoms with van der Waals surface area (Å²) in [5, 5.41) is 2.65.